The number of halogens is 1. The first-order chi connectivity index (χ1) is 12.7. The Morgan fingerprint density at radius 2 is 1.96 bits per heavy atom. The Bertz CT molecular complexity index is 1060. The predicted octanol–water partition coefficient (Wildman–Crippen LogP) is 5.32. The molecule has 0 unspecified atom stereocenters. The summed E-state index contributed by atoms with van der Waals surface area (Å²) in [5, 5.41) is 4.49. The van der Waals surface area contributed by atoms with E-state index in [0.29, 0.717) is 28.0 Å². The second-order valence-electron chi connectivity index (χ2n) is 5.63. The first kappa shape index (κ1) is 16.3. The molecule has 0 atom stereocenters. The van der Waals surface area contributed by atoms with E-state index in [2.05, 4.69) is 26.3 Å². The van der Waals surface area contributed by atoms with E-state index in [1.807, 2.05) is 49.4 Å². The van der Waals surface area contributed by atoms with Crippen molar-refractivity contribution in [1.29, 1.82) is 0 Å². The summed E-state index contributed by atoms with van der Waals surface area (Å²) in [6, 6.07) is 18.0. The van der Waals surface area contributed by atoms with Gasteiger partial charge in [-0.25, -0.2) is 9.97 Å². The molecule has 0 saturated heterocycles. The van der Waals surface area contributed by atoms with Crippen LogP contribution in [0.2, 0.25) is 5.02 Å². The Morgan fingerprint density at radius 1 is 1.04 bits per heavy atom. The highest BCUT2D eigenvalue weighted by atomic mass is 35.5. The molecule has 0 aliphatic heterocycles. The Kier molecular flexibility index (Phi) is 4.37. The molecule has 5 nitrogen and oxygen atoms in total. The zero-order chi connectivity index (χ0) is 17.9. The van der Waals surface area contributed by atoms with Crippen molar-refractivity contribution in [2.24, 2.45) is 0 Å². The van der Waals surface area contributed by atoms with Gasteiger partial charge in [-0.1, -0.05) is 29.8 Å². The standard InChI is InChI=1S/C20H14ClN4O/c1-13-9-10-14(11-22-13)26-18-8-4-7-17(19(18)21)25-20-15-5-2-3-6-16(15)23-12-24-20/h2-4,6-12H,1H3,(H,23,24,25). The van der Waals surface area contributed by atoms with Crippen molar-refractivity contribution >= 4 is 34.0 Å². The summed E-state index contributed by atoms with van der Waals surface area (Å²) in [5.74, 6) is 1.78. The fourth-order valence-corrected chi connectivity index (χ4v) is 2.70. The van der Waals surface area contributed by atoms with E-state index in [1.165, 1.54) is 6.33 Å². The van der Waals surface area contributed by atoms with Gasteiger partial charge in [-0.2, -0.15) is 0 Å². The normalized spacial score (nSPS) is 10.7. The van der Waals surface area contributed by atoms with E-state index in [9.17, 15) is 0 Å². The number of anilines is 2. The number of nitrogens with zero attached hydrogens (tertiary/aromatic N) is 3. The van der Waals surface area contributed by atoms with Crippen LogP contribution in [0.25, 0.3) is 10.9 Å². The van der Waals surface area contributed by atoms with Gasteiger partial charge in [0.25, 0.3) is 0 Å². The highest BCUT2D eigenvalue weighted by Crippen LogP contribution is 2.36. The summed E-state index contributed by atoms with van der Waals surface area (Å²) in [6.07, 6.45) is 3.17. The lowest BCUT2D eigenvalue weighted by atomic mass is 10.2. The molecule has 2 aromatic heterocycles. The topological polar surface area (TPSA) is 59.9 Å². The third-order valence-electron chi connectivity index (χ3n) is 3.78. The number of hydrogen-bond acceptors (Lipinski definition) is 5. The minimum absolute atomic E-state index is 0.454. The highest BCUT2D eigenvalue weighted by Gasteiger charge is 2.11. The van der Waals surface area contributed by atoms with Gasteiger partial charge in [0.15, 0.2) is 0 Å². The summed E-state index contributed by atoms with van der Waals surface area (Å²) in [5.41, 5.74) is 2.41. The molecule has 2 aromatic carbocycles. The van der Waals surface area contributed by atoms with Crippen LogP contribution in [0.3, 0.4) is 0 Å². The van der Waals surface area contributed by atoms with Gasteiger partial charge in [-0.15, -0.1) is 0 Å². The molecule has 0 fully saturated rings. The Morgan fingerprint density at radius 3 is 2.81 bits per heavy atom. The van der Waals surface area contributed by atoms with Gasteiger partial charge in [0.2, 0.25) is 0 Å². The lowest BCUT2D eigenvalue weighted by Gasteiger charge is -2.13. The van der Waals surface area contributed by atoms with E-state index in [4.69, 9.17) is 16.3 Å². The monoisotopic (exact) mass is 361 g/mol. The van der Waals surface area contributed by atoms with Crippen molar-refractivity contribution in [2.45, 2.75) is 6.92 Å². The maximum atomic E-state index is 6.53. The molecule has 127 valence electrons. The molecular weight excluding hydrogens is 348 g/mol. The molecule has 26 heavy (non-hydrogen) atoms. The molecule has 2 heterocycles. The first-order valence-corrected chi connectivity index (χ1v) is 8.36. The maximum absolute atomic E-state index is 6.53. The zero-order valence-corrected chi connectivity index (χ0v) is 14.7. The number of pyridine rings is 1. The van der Waals surface area contributed by atoms with Crippen molar-refractivity contribution in [2.75, 3.05) is 5.32 Å². The van der Waals surface area contributed by atoms with Gasteiger partial charge in [-0.3, -0.25) is 4.98 Å². The number of aryl methyl sites for hydroxylation is 1. The predicted molar refractivity (Wildman–Crippen MR) is 102 cm³/mol. The van der Waals surface area contributed by atoms with Gasteiger partial charge < -0.3 is 10.1 Å². The van der Waals surface area contributed by atoms with Crippen molar-refractivity contribution in [3.05, 3.63) is 77.8 Å². The number of rotatable bonds is 4. The van der Waals surface area contributed by atoms with Crippen LogP contribution in [0.1, 0.15) is 5.69 Å². The van der Waals surface area contributed by atoms with Crippen LogP contribution < -0.4 is 10.1 Å². The van der Waals surface area contributed by atoms with Crippen LogP contribution in [-0.4, -0.2) is 15.0 Å². The minimum atomic E-state index is 0.454. The van der Waals surface area contributed by atoms with Crippen LogP contribution in [0.15, 0.2) is 61.1 Å². The molecule has 0 aliphatic rings. The zero-order valence-electron chi connectivity index (χ0n) is 13.9. The highest BCUT2D eigenvalue weighted by molar-refractivity contribution is 6.34. The molecule has 0 aliphatic carbocycles. The molecule has 0 saturated carbocycles. The van der Waals surface area contributed by atoms with E-state index in [-0.39, 0.29) is 0 Å². The summed E-state index contributed by atoms with van der Waals surface area (Å²) < 4.78 is 5.85. The Hall–Kier alpha value is -3.18. The second kappa shape index (κ2) is 6.98. The smallest absolute Gasteiger partial charge is 0.148 e. The molecule has 4 rings (SSSR count). The number of benzene rings is 2. The quantitative estimate of drug-likeness (QED) is 0.532. The molecule has 1 radical (unpaired) electrons. The van der Waals surface area contributed by atoms with Gasteiger partial charge >= 0.3 is 0 Å². The number of aromatic nitrogens is 3. The SMILES string of the molecule is Cc1ccc(Oc2cccc(Nc3ncnc4ccc[c]c34)c2Cl)cn1. The molecule has 0 bridgehead atoms. The van der Waals surface area contributed by atoms with Crippen molar-refractivity contribution < 1.29 is 4.74 Å². The van der Waals surface area contributed by atoms with E-state index >= 15 is 0 Å². The van der Waals surface area contributed by atoms with Gasteiger partial charge in [0.05, 0.1) is 22.8 Å². The Balaban J connectivity index is 1.66. The van der Waals surface area contributed by atoms with Crippen LogP contribution in [0, 0.1) is 13.0 Å². The Labute approximate surface area is 155 Å². The largest absolute Gasteiger partial charge is 0.454 e. The lowest BCUT2D eigenvalue weighted by molar-refractivity contribution is 0.480. The number of hydrogen-bond donors (Lipinski definition) is 1. The summed E-state index contributed by atoms with van der Waals surface area (Å²) in [6.45, 7) is 1.92. The van der Waals surface area contributed by atoms with E-state index in [0.717, 1.165) is 16.6 Å². The van der Waals surface area contributed by atoms with Crippen molar-refractivity contribution in [1.82, 2.24) is 15.0 Å². The van der Waals surface area contributed by atoms with Gasteiger partial charge in [0, 0.05) is 5.69 Å². The van der Waals surface area contributed by atoms with Gasteiger partial charge in [0.1, 0.15) is 28.7 Å². The summed E-state index contributed by atoms with van der Waals surface area (Å²) in [4.78, 5) is 12.8. The van der Waals surface area contributed by atoms with E-state index in [1.54, 1.807) is 12.3 Å². The molecule has 0 amide bonds. The van der Waals surface area contributed by atoms with Crippen LogP contribution >= 0.6 is 11.6 Å². The minimum Gasteiger partial charge on any atom is -0.454 e. The molecule has 1 N–H and O–H groups in total. The molecule has 0 spiro atoms. The third kappa shape index (κ3) is 3.30. The van der Waals surface area contributed by atoms with Crippen LogP contribution in [-0.2, 0) is 0 Å². The second-order valence-corrected chi connectivity index (χ2v) is 6.01. The lowest BCUT2D eigenvalue weighted by Crippen LogP contribution is -1.97. The molecule has 4 aromatic rings. The number of fused-ring (bicyclic) bond motifs is 1. The number of ether oxygens (including phenoxy) is 1. The summed E-state index contributed by atoms with van der Waals surface area (Å²) >= 11 is 6.53. The number of nitrogens with one attached hydrogen (secondary N) is 1. The molecular formula is C20H14ClN4O. The first-order valence-electron chi connectivity index (χ1n) is 7.98. The van der Waals surface area contributed by atoms with Crippen LogP contribution in [0.4, 0.5) is 11.5 Å². The van der Waals surface area contributed by atoms with Crippen LogP contribution in [0.5, 0.6) is 11.5 Å². The maximum Gasteiger partial charge on any atom is 0.148 e. The third-order valence-corrected chi connectivity index (χ3v) is 4.17. The van der Waals surface area contributed by atoms with Gasteiger partial charge in [-0.05, 0) is 43.3 Å². The van der Waals surface area contributed by atoms with E-state index < -0.39 is 0 Å². The average Bonchev–Trinajstić information content (AvgIpc) is 2.67. The molecule has 6 heteroatoms. The average molecular weight is 362 g/mol. The summed E-state index contributed by atoms with van der Waals surface area (Å²) in [7, 11) is 0. The van der Waals surface area contributed by atoms with Crippen molar-refractivity contribution in [3.8, 4) is 11.5 Å². The fourth-order valence-electron chi connectivity index (χ4n) is 2.49. The fraction of sp³-hybridized carbons (Fsp3) is 0.0500. The van der Waals surface area contributed by atoms with Crippen molar-refractivity contribution in [3.63, 3.8) is 0 Å².